The van der Waals surface area contributed by atoms with E-state index in [1.165, 1.54) is 33.5 Å². The molecule has 0 spiro atoms. The number of rotatable bonds is 6. The molecule has 0 aromatic carbocycles. The van der Waals surface area contributed by atoms with Crippen LogP contribution in [0, 0.1) is 6.92 Å². The minimum absolute atomic E-state index is 1.09. The first-order valence-electron chi connectivity index (χ1n) is 5.19. The molecule has 1 aromatic rings. The predicted octanol–water partition coefficient (Wildman–Crippen LogP) is 3.75. The molecule has 0 bridgehead atoms. The molecule has 0 radical (unpaired) electrons. The predicted molar refractivity (Wildman–Crippen MR) is 68.2 cm³/mol. The van der Waals surface area contributed by atoms with Crippen LogP contribution >= 0.6 is 27.3 Å². The van der Waals surface area contributed by atoms with Crippen LogP contribution in [0.4, 0.5) is 0 Å². The van der Waals surface area contributed by atoms with Crippen molar-refractivity contribution in [2.75, 3.05) is 13.1 Å². The van der Waals surface area contributed by atoms with Crippen LogP contribution in [0.25, 0.3) is 0 Å². The van der Waals surface area contributed by atoms with Crippen molar-refractivity contribution in [2.45, 2.75) is 33.1 Å². The SMILES string of the molecule is CCNCCCCc1cc(C)c(Br)s1. The summed E-state index contributed by atoms with van der Waals surface area (Å²) in [6, 6.07) is 2.29. The van der Waals surface area contributed by atoms with Crippen LogP contribution in [0.2, 0.25) is 0 Å². The Bertz CT molecular complexity index is 251. The molecule has 1 rings (SSSR count). The summed E-state index contributed by atoms with van der Waals surface area (Å²) in [7, 11) is 0. The lowest BCUT2D eigenvalue weighted by Gasteiger charge is -1.99. The van der Waals surface area contributed by atoms with Gasteiger partial charge in [-0.2, -0.15) is 0 Å². The van der Waals surface area contributed by atoms with E-state index in [2.05, 4.69) is 41.2 Å². The van der Waals surface area contributed by atoms with E-state index < -0.39 is 0 Å². The summed E-state index contributed by atoms with van der Waals surface area (Å²) < 4.78 is 1.29. The third kappa shape index (κ3) is 4.11. The summed E-state index contributed by atoms with van der Waals surface area (Å²) in [5.41, 5.74) is 1.37. The average molecular weight is 276 g/mol. The van der Waals surface area contributed by atoms with Crippen LogP contribution in [0.1, 0.15) is 30.2 Å². The molecule has 0 aliphatic heterocycles. The highest BCUT2D eigenvalue weighted by Gasteiger charge is 2.01. The van der Waals surface area contributed by atoms with Gasteiger partial charge in [0.1, 0.15) is 0 Å². The van der Waals surface area contributed by atoms with Gasteiger partial charge in [0.05, 0.1) is 3.79 Å². The third-order valence-electron chi connectivity index (χ3n) is 2.18. The lowest BCUT2D eigenvalue weighted by Crippen LogP contribution is -2.13. The Morgan fingerprint density at radius 2 is 2.21 bits per heavy atom. The van der Waals surface area contributed by atoms with E-state index in [-0.39, 0.29) is 0 Å². The summed E-state index contributed by atoms with van der Waals surface area (Å²) in [6.45, 7) is 6.55. The van der Waals surface area contributed by atoms with Crippen LogP contribution < -0.4 is 5.32 Å². The summed E-state index contributed by atoms with van der Waals surface area (Å²) in [5.74, 6) is 0. The zero-order chi connectivity index (χ0) is 10.4. The highest BCUT2D eigenvalue weighted by molar-refractivity contribution is 9.11. The normalized spacial score (nSPS) is 10.8. The van der Waals surface area contributed by atoms with Gasteiger partial charge in [-0.25, -0.2) is 0 Å². The first kappa shape index (κ1) is 12.2. The van der Waals surface area contributed by atoms with Gasteiger partial charge in [-0.15, -0.1) is 11.3 Å². The fraction of sp³-hybridized carbons (Fsp3) is 0.636. The molecule has 0 saturated carbocycles. The molecule has 0 fully saturated rings. The van der Waals surface area contributed by atoms with E-state index >= 15 is 0 Å². The number of hydrogen-bond acceptors (Lipinski definition) is 2. The molecule has 3 heteroatoms. The number of unbranched alkanes of at least 4 members (excludes halogenated alkanes) is 1. The zero-order valence-electron chi connectivity index (χ0n) is 8.90. The number of halogens is 1. The van der Waals surface area contributed by atoms with Crippen molar-refractivity contribution in [2.24, 2.45) is 0 Å². The number of nitrogens with one attached hydrogen (secondary N) is 1. The quantitative estimate of drug-likeness (QED) is 0.780. The molecule has 0 aliphatic rings. The summed E-state index contributed by atoms with van der Waals surface area (Å²) >= 11 is 5.43. The van der Waals surface area contributed by atoms with Crippen molar-refractivity contribution in [3.63, 3.8) is 0 Å². The molecule has 1 N–H and O–H groups in total. The lowest BCUT2D eigenvalue weighted by molar-refractivity contribution is 0.643. The van der Waals surface area contributed by atoms with Gasteiger partial charge in [0.15, 0.2) is 0 Å². The molecule has 1 heterocycles. The van der Waals surface area contributed by atoms with E-state index in [4.69, 9.17) is 0 Å². The second-order valence-corrected chi connectivity index (χ2v) is 5.93. The monoisotopic (exact) mass is 275 g/mol. The second-order valence-electron chi connectivity index (χ2n) is 3.48. The Labute approximate surface area is 99.0 Å². The van der Waals surface area contributed by atoms with Crippen molar-refractivity contribution < 1.29 is 0 Å². The number of aryl methyl sites for hydroxylation is 2. The third-order valence-corrected chi connectivity index (χ3v) is 4.38. The maximum atomic E-state index is 3.56. The Morgan fingerprint density at radius 3 is 2.79 bits per heavy atom. The van der Waals surface area contributed by atoms with Crippen molar-refractivity contribution in [1.82, 2.24) is 5.32 Å². The van der Waals surface area contributed by atoms with Gasteiger partial charge < -0.3 is 5.32 Å². The minimum atomic E-state index is 1.09. The standard InChI is InChI=1S/C11H18BrNS/c1-3-13-7-5-4-6-10-8-9(2)11(12)14-10/h8,13H,3-7H2,1-2H3. The number of thiophene rings is 1. The average Bonchev–Trinajstić information content (AvgIpc) is 2.46. The Hall–Kier alpha value is 0.140. The topological polar surface area (TPSA) is 12.0 Å². The molecule has 0 atom stereocenters. The molecule has 80 valence electrons. The highest BCUT2D eigenvalue weighted by atomic mass is 79.9. The van der Waals surface area contributed by atoms with Gasteiger partial charge in [0.25, 0.3) is 0 Å². The smallest absolute Gasteiger partial charge is 0.0730 e. The molecular formula is C11H18BrNS. The molecule has 0 aliphatic carbocycles. The highest BCUT2D eigenvalue weighted by Crippen LogP contribution is 2.28. The van der Waals surface area contributed by atoms with Crippen LogP contribution in [-0.2, 0) is 6.42 Å². The van der Waals surface area contributed by atoms with Crippen molar-refractivity contribution in [3.8, 4) is 0 Å². The Balaban J connectivity index is 2.18. The second kappa shape index (κ2) is 6.59. The molecular weight excluding hydrogens is 258 g/mol. The molecule has 0 saturated heterocycles. The molecule has 1 aromatic heterocycles. The van der Waals surface area contributed by atoms with Crippen LogP contribution in [0.15, 0.2) is 9.85 Å². The fourth-order valence-electron chi connectivity index (χ4n) is 1.37. The zero-order valence-corrected chi connectivity index (χ0v) is 11.3. The summed E-state index contributed by atoms with van der Waals surface area (Å²) in [6.07, 6.45) is 3.80. The van der Waals surface area contributed by atoms with Crippen molar-refractivity contribution >= 4 is 27.3 Å². The van der Waals surface area contributed by atoms with Gasteiger partial charge >= 0.3 is 0 Å². The first-order chi connectivity index (χ1) is 6.74. The molecule has 0 amide bonds. The number of hydrogen-bond donors (Lipinski definition) is 1. The van der Waals surface area contributed by atoms with E-state index in [0.29, 0.717) is 0 Å². The molecule has 14 heavy (non-hydrogen) atoms. The van der Waals surface area contributed by atoms with Crippen LogP contribution in [0.5, 0.6) is 0 Å². The Morgan fingerprint density at radius 1 is 1.43 bits per heavy atom. The fourth-order valence-corrected chi connectivity index (χ4v) is 3.04. The summed E-state index contributed by atoms with van der Waals surface area (Å²) in [4.78, 5) is 1.51. The van der Waals surface area contributed by atoms with Gasteiger partial charge in [-0.05, 0) is 66.8 Å². The molecule has 1 nitrogen and oxygen atoms in total. The van der Waals surface area contributed by atoms with Gasteiger partial charge in [0, 0.05) is 4.88 Å². The van der Waals surface area contributed by atoms with Crippen molar-refractivity contribution in [3.05, 3.63) is 20.3 Å². The van der Waals surface area contributed by atoms with Crippen molar-refractivity contribution in [1.29, 1.82) is 0 Å². The largest absolute Gasteiger partial charge is 0.317 e. The maximum absolute atomic E-state index is 3.56. The van der Waals surface area contributed by atoms with E-state index in [1.807, 2.05) is 11.3 Å². The van der Waals surface area contributed by atoms with Gasteiger partial charge in [-0.1, -0.05) is 6.92 Å². The van der Waals surface area contributed by atoms with E-state index in [9.17, 15) is 0 Å². The van der Waals surface area contributed by atoms with E-state index in [0.717, 1.165) is 13.1 Å². The molecule has 0 unspecified atom stereocenters. The van der Waals surface area contributed by atoms with Crippen LogP contribution in [0.3, 0.4) is 0 Å². The van der Waals surface area contributed by atoms with Gasteiger partial charge in [-0.3, -0.25) is 0 Å². The van der Waals surface area contributed by atoms with Crippen LogP contribution in [-0.4, -0.2) is 13.1 Å². The Kier molecular flexibility index (Phi) is 5.75. The minimum Gasteiger partial charge on any atom is -0.317 e. The van der Waals surface area contributed by atoms with E-state index in [1.54, 1.807) is 0 Å². The van der Waals surface area contributed by atoms with Gasteiger partial charge in [0.2, 0.25) is 0 Å². The lowest BCUT2D eigenvalue weighted by atomic mass is 10.2. The maximum Gasteiger partial charge on any atom is 0.0730 e. The summed E-state index contributed by atoms with van der Waals surface area (Å²) in [5, 5.41) is 3.35. The first-order valence-corrected chi connectivity index (χ1v) is 6.80.